The van der Waals surface area contributed by atoms with Crippen LogP contribution < -0.4 is 11.3 Å². The lowest BCUT2D eigenvalue weighted by molar-refractivity contribution is 0.281. The van der Waals surface area contributed by atoms with Crippen molar-refractivity contribution in [3.8, 4) is 0 Å². The smallest absolute Gasteiger partial charge is 0.0981 e. The minimum Gasteiger partial charge on any atom is -0.501 e. The lowest BCUT2D eigenvalue weighted by atomic mass is 10.1. The molecule has 1 unspecified atom stereocenters. The summed E-state index contributed by atoms with van der Waals surface area (Å²) in [5, 5.41) is 5.84. The SMILES string of the molecule is NNC(C1=COCC1)c1csnn1. The summed E-state index contributed by atoms with van der Waals surface area (Å²) in [6, 6.07) is -0.0544. The number of hydrogen-bond acceptors (Lipinski definition) is 6. The molecule has 1 atom stereocenters. The van der Waals surface area contributed by atoms with E-state index in [4.69, 9.17) is 10.6 Å². The zero-order chi connectivity index (χ0) is 9.10. The third-order valence-electron chi connectivity index (χ3n) is 1.95. The molecule has 0 fully saturated rings. The molecule has 6 heteroatoms. The molecule has 2 heterocycles. The predicted molar refractivity (Wildman–Crippen MR) is 48.6 cm³/mol. The molecular formula is C7H10N4OS. The second kappa shape index (κ2) is 3.82. The molecule has 1 aliphatic heterocycles. The number of nitrogens with one attached hydrogen (secondary N) is 1. The van der Waals surface area contributed by atoms with Gasteiger partial charge in [0.15, 0.2) is 0 Å². The van der Waals surface area contributed by atoms with Crippen molar-refractivity contribution in [3.05, 3.63) is 22.9 Å². The molecule has 1 aromatic heterocycles. The van der Waals surface area contributed by atoms with Crippen molar-refractivity contribution < 1.29 is 4.74 Å². The molecule has 1 aromatic rings. The van der Waals surface area contributed by atoms with Crippen LogP contribution in [0.3, 0.4) is 0 Å². The van der Waals surface area contributed by atoms with Crippen molar-refractivity contribution in [3.63, 3.8) is 0 Å². The van der Waals surface area contributed by atoms with E-state index in [1.54, 1.807) is 6.26 Å². The molecule has 0 radical (unpaired) electrons. The Bertz CT molecular complexity index is 297. The summed E-state index contributed by atoms with van der Waals surface area (Å²) < 4.78 is 8.93. The monoisotopic (exact) mass is 198 g/mol. The minimum absolute atomic E-state index is 0.0544. The first kappa shape index (κ1) is 8.61. The maximum Gasteiger partial charge on any atom is 0.0981 e. The molecule has 0 spiro atoms. The van der Waals surface area contributed by atoms with Gasteiger partial charge in [-0.25, -0.2) is 5.43 Å². The second-order valence-electron chi connectivity index (χ2n) is 2.74. The summed E-state index contributed by atoms with van der Waals surface area (Å²) in [4.78, 5) is 0. The quantitative estimate of drug-likeness (QED) is 0.541. The van der Waals surface area contributed by atoms with E-state index in [2.05, 4.69) is 15.0 Å². The van der Waals surface area contributed by atoms with Gasteiger partial charge in [0.2, 0.25) is 0 Å². The normalized spacial score (nSPS) is 18.1. The van der Waals surface area contributed by atoms with Crippen molar-refractivity contribution in [1.29, 1.82) is 0 Å². The van der Waals surface area contributed by atoms with Gasteiger partial charge in [0.05, 0.1) is 24.6 Å². The number of nitrogens with zero attached hydrogens (tertiary/aromatic N) is 2. The molecule has 70 valence electrons. The highest BCUT2D eigenvalue weighted by Crippen LogP contribution is 2.25. The molecule has 3 N–H and O–H groups in total. The largest absolute Gasteiger partial charge is 0.501 e. The summed E-state index contributed by atoms with van der Waals surface area (Å²) in [7, 11) is 0. The van der Waals surface area contributed by atoms with Crippen LogP contribution in [0.15, 0.2) is 17.2 Å². The molecule has 0 saturated carbocycles. The van der Waals surface area contributed by atoms with Crippen molar-refractivity contribution in [2.75, 3.05) is 6.61 Å². The lowest BCUT2D eigenvalue weighted by Gasteiger charge is -2.12. The topological polar surface area (TPSA) is 73.1 Å². The Morgan fingerprint density at radius 2 is 2.62 bits per heavy atom. The molecule has 0 aromatic carbocycles. The summed E-state index contributed by atoms with van der Waals surface area (Å²) >= 11 is 1.32. The van der Waals surface area contributed by atoms with Crippen LogP contribution in [0.4, 0.5) is 0 Å². The van der Waals surface area contributed by atoms with Gasteiger partial charge in [-0.3, -0.25) is 5.84 Å². The molecule has 0 bridgehead atoms. The number of rotatable bonds is 3. The maximum absolute atomic E-state index is 5.43. The fourth-order valence-corrected chi connectivity index (χ4v) is 1.77. The van der Waals surface area contributed by atoms with Crippen LogP contribution in [0.2, 0.25) is 0 Å². The Hall–Kier alpha value is -0.980. The molecular weight excluding hydrogens is 188 g/mol. The standard InChI is InChI=1S/C7H10N4OS/c8-9-7(5-1-2-12-3-5)6-4-13-11-10-6/h3-4,7,9H,1-2,8H2. The van der Waals surface area contributed by atoms with Gasteiger partial charge in [-0.15, -0.1) is 5.10 Å². The summed E-state index contributed by atoms with van der Waals surface area (Å²) in [5.41, 5.74) is 4.67. The van der Waals surface area contributed by atoms with Gasteiger partial charge in [0.1, 0.15) is 0 Å². The molecule has 5 nitrogen and oxygen atoms in total. The Morgan fingerprint density at radius 1 is 1.69 bits per heavy atom. The maximum atomic E-state index is 5.43. The van der Waals surface area contributed by atoms with Crippen LogP contribution in [-0.2, 0) is 4.74 Å². The van der Waals surface area contributed by atoms with Gasteiger partial charge in [0, 0.05) is 11.8 Å². The molecule has 0 saturated heterocycles. The number of nitrogens with two attached hydrogens (primary N) is 1. The van der Waals surface area contributed by atoms with Gasteiger partial charge < -0.3 is 4.74 Å². The number of ether oxygens (including phenoxy) is 1. The highest BCUT2D eigenvalue weighted by Gasteiger charge is 2.20. The highest BCUT2D eigenvalue weighted by atomic mass is 32.1. The van der Waals surface area contributed by atoms with E-state index in [-0.39, 0.29) is 6.04 Å². The molecule has 13 heavy (non-hydrogen) atoms. The van der Waals surface area contributed by atoms with Crippen molar-refractivity contribution in [2.45, 2.75) is 12.5 Å². The van der Waals surface area contributed by atoms with Gasteiger partial charge in [-0.2, -0.15) is 0 Å². The van der Waals surface area contributed by atoms with E-state index >= 15 is 0 Å². The Labute approximate surface area is 79.7 Å². The fraction of sp³-hybridized carbons (Fsp3) is 0.429. The average molecular weight is 198 g/mol. The second-order valence-corrected chi connectivity index (χ2v) is 3.35. The fourth-order valence-electron chi connectivity index (χ4n) is 1.29. The van der Waals surface area contributed by atoms with E-state index in [0.717, 1.165) is 24.3 Å². The Balaban J connectivity index is 2.18. The molecule has 2 rings (SSSR count). The number of aromatic nitrogens is 2. The van der Waals surface area contributed by atoms with Gasteiger partial charge >= 0.3 is 0 Å². The van der Waals surface area contributed by atoms with E-state index in [1.807, 2.05) is 5.38 Å². The van der Waals surface area contributed by atoms with Crippen LogP contribution >= 0.6 is 11.5 Å². The average Bonchev–Trinajstić information content (AvgIpc) is 2.76. The van der Waals surface area contributed by atoms with Gasteiger partial charge in [0.25, 0.3) is 0 Å². The van der Waals surface area contributed by atoms with Crippen LogP contribution in [0, 0.1) is 0 Å². The van der Waals surface area contributed by atoms with Crippen molar-refractivity contribution in [2.24, 2.45) is 5.84 Å². The zero-order valence-corrected chi connectivity index (χ0v) is 7.75. The molecule has 1 aliphatic rings. The Kier molecular flexibility index (Phi) is 2.53. The van der Waals surface area contributed by atoms with E-state index in [9.17, 15) is 0 Å². The van der Waals surface area contributed by atoms with E-state index < -0.39 is 0 Å². The van der Waals surface area contributed by atoms with Crippen molar-refractivity contribution >= 4 is 11.5 Å². The summed E-state index contributed by atoms with van der Waals surface area (Å²) in [5.74, 6) is 5.43. The minimum atomic E-state index is -0.0544. The zero-order valence-electron chi connectivity index (χ0n) is 6.93. The number of hydrazine groups is 1. The number of hydrogen-bond donors (Lipinski definition) is 2. The third-order valence-corrected chi connectivity index (χ3v) is 2.48. The summed E-state index contributed by atoms with van der Waals surface area (Å²) in [6.45, 7) is 0.727. The highest BCUT2D eigenvalue weighted by molar-refractivity contribution is 7.03. The first-order valence-electron chi connectivity index (χ1n) is 3.95. The van der Waals surface area contributed by atoms with Crippen LogP contribution in [0.1, 0.15) is 18.2 Å². The van der Waals surface area contributed by atoms with Crippen LogP contribution in [0.25, 0.3) is 0 Å². The van der Waals surface area contributed by atoms with Crippen molar-refractivity contribution in [1.82, 2.24) is 15.0 Å². The Morgan fingerprint density at radius 3 is 3.15 bits per heavy atom. The predicted octanol–water partition coefficient (Wildman–Crippen LogP) is 0.347. The first-order valence-corrected chi connectivity index (χ1v) is 4.79. The lowest BCUT2D eigenvalue weighted by Crippen LogP contribution is -2.29. The van der Waals surface area contributed by atoms with E-state index in [0.29, 0.717) is 0 Å². The van der Waals surface area contributed by atoms with Crippen LogP contribution in [-0.4, -0.2) is 16.2 Å². The van der Waals surface area contributed by atoms with Gasteiger partial charge in [-0.05, 0) is 17.1 Å². The third kappa shape index (κ3) is 1.69. The van der Waals surface area contributed by atoms with Gasteiger partial charge in [-0.1, -0.05) is 4.49 Å². The first-order chi connectivity index (χ1) is 6.42. The molecule has 0 aliphatic carbocycles. The summed E-state index contributed by atoms with van der Waals surface area (Å²) in [6.07, 6.45) is 2.64. The van der Waals surface area contributed by atoms with E-state index in [1.165, 1.54) is 11.5 Å². The van der Waals surface area contributed by atoms with Crippen LogP contribution in [0.5, 0.6) is 0 Å². The molecule has 0 amide bonds.